The van der Waals surface area contributed by atoms with E-state index < -0.39 is 0 Å². The predicted octanol–water partition coefficient (Wildman–Crippen LogP) is 0.303. The highest BCUT2D eigenvalue weighted by Crippen LogP contribution is 2.32. The number of piperazine rings is 1. The summed E-state index contributed by atoms with van der Waals surface area (Å²) >= 11 is 1.45. The van der Waals surface area contributed by atoms with E-state index in [9.17, 15) is 14.4 Å². The summed E-state index contributed by atoms with van der Waals surface area (Å²) in [4.78, 5) is 37.5. The van der Waals surface area contributed by atoms with Gasteiger partial charge in [0.25, 0.3) is 5.91 Å². The van der Waals surface area contributed by atoms with Crippen molar-refractivity contribution >= 4 is 35.2 Å². The summed E-state index contributed by atoms with van der Waals surface area (Å²) in [5.41, 5.74) is 1.15. The van der Waals surface area contributed by atoms with Gasteiger partial charge in [-0.25, -0.2) is 0 Å². The zero-order chi connectivity index (χ0) is 14.1. The Morgan fingerprint density at radius 1 is 1.25 bits per heavy atom. The van der Waals surface area contributed by atoms with Gasteiger partial charge in [0, 0.05) is 23.5 Å². The number of anilines is 1. The smallest absolute Gasteiger partial charge is 0.254 e. The first-order chi connectivity index (χ1) is 9.63. The molecule has 0 aromatic heterocycles. The molecule has 0 aliphatic carbocycles. The maximum atomic E-state index is 12.3. The van der Waals surface area contributed by atoms with Crippen molar-refractivity contribution in [2.75, 3.05) is 30.7 Å². The highest BCUT2D eigenvalue weighted by molar-refractivity contribution is 8.00. The molecule has 0 unspecified atom stereocenters. The Morgan fingerprint density at radius 2 is 2.10 bits per heavy atom. The van der Waals surface area contributed by atoms with Crippen LogP contribution >= 0.6 is 11.8 Å². The molecule has 3 amide bonds. The Kier molecular flexibility index (Phi) is 3.35. The third kappa shape index (κ3) is 2.49. The number of amides is 3. The maximum Gasteiger partial charge on any atom is 0.254 e. The summed E-state index contributed by atoms with van der Waals surface area (Å²) in [7, 11) is 0. The van der Waals surface area contributed by atoms with Crippen LogP contribution in [-0.4, -0.2) is 48.0 Å². The summed E-state index contributed by atoms with van der Waals surface area (Å²) in [6.45, 7) is 1.06. The molecular weight excluding hydrogens is 278 g/mol. The summed E-state index contributed by atoms with van der Waals surface area (Å²) < 4.78 is 0. The monoisotopic (exact) mass is 291 g/mol. The number of nitrogens with zero attached hydrogens (tertiary/aromatic N) is 1. The molecule has 7 heteroatoms. The van der Waals surface area contributed by atoms with Crippen molar-refractivity contribution in [2.24, 2.45) is 0 Å². The van der Waals surface area contributed by atoms with Crippen LogP contribution < -0.4 is 10.6 Å². The van der Waals surface area contributed by atoms with E-state index in [-0.39, 0.29) is 24.3 Å². The largest absolute Gasteiger partial charge is 0.353 e. The van der Waals surface area contributed by atoms with Crippen LogP contribution in [0.2, 0.25) is 0 Å². The molecule has 0 saturated carbocycles. The Hall–Kier alpha value is -2.02. The molecule has 0 bridgehead atoms. The van der Waals surface area contributed by atoms with Gasteiger partial charge in [-0.3, -0.25) is 14.4 Å². The molecule has 2 heterocycles. The van der Waals surface area contributed by atoms with Gasteiger partial charge in [0.2, 0.25) is 11.8 Å². The standard InChI is InChI=1S/C13H13N3O3S/c17-11-6-16(4-3-14-11)13(19)8-1-2-10-9(5-8)15-12(18)7-20-10/h1-2,5H,3-4,6-7H2,(H,14,17)(H,15,18). The first kappa shape index (κ1) is 13.0. The molecule has 2 aliphatic rings. The van der Waals surface area contributed by atoms with Gasteiger partial charge in [0.05, 0.1) is 18.0 Å². The molecule has 3 rings (SSSR count). The van der Waals surface area contributed by atoms with Crippen molar-refractivity contribution < 1.29 is 14.4 Å². The average Bonchev–Trinajstić information content (AvgIpc) is 2.45. The van der Waals surface area contributed by atoms with Crippen molar-refractivity contribution in [3.05, 3.63) is 23.8 Å². The Bertz CT molecular complexity index is 603. The number of thioether (sulfide) groups is 1. The lowest BCUT2D eigenvalue weighted by Crippen LogP contribution is -2.49. The molecule has 2 aliphatic heterocycles. The summed E-state index contributed by atoms with van der Waals surface area (Å²) in [6.07, 6.45) is 0. The average molecular weight is 291 g/mol. The summed E-state index contributed by atoms with van der Waals surface area (Å²) in [5.74, 6) is -0.00426. The van der Waals surface area contributed by atoms with Crippen LogP contribution in [0.15, 0.2) is 23.1 Å². The number of rotatable bonds is 1. The van der Waals surface area contributed by atoms with E-state index in [1.807, 2.05) is 6.07 Å². The number of carbonyl (C=O) groups is 3. The van der Waals surface area contributed by atoms with Crippen LogP contribution in [0.1, 0.15) is 10.4 Å². The lowest BCUT2D eigenvalue weighted by Gasteiger charge is -2.27. The minimum Gasteiger partial charge on any atom is -0.353 e. The first-order valence-corrected chi connectivity index (χ1v) is 7.25. The van der Waals surface area contributed by atoms with Crippen LogP contribution in [0, 0.1) is 0 Å². The van der Waals surface area contributed by atoms with Crippen molar-refractivity contribution in [1.82, 2.24) is 10.2 Å². The number of fused-ring (bicyclic) bond motifs is 1. The SMILES string of the molecule is O=C1CN(C(=O)c2ccc3c(c2)NC(=O)CS3)CCN1. The zero-order valence-electron chi connectivity index (χ0n) is 10.6. The highest BCUT2D eigenvalue weighted by Gasteiger charge is 2.24. The second kappa shape index (κ2) is 5.16. The van der Waals surface area contributed by atoms with Gasteiger partial charge >= 0.3 is 0 Å². The Labute approximate surface area is 119 Å². The number of hydrogen-bond acceptors (Lipinski definition) is 4. The number of hydrogen-bond donors (Lipinski definition) is 2. The van der Waals surface area contributed by atoms with Crippen LogP contribution in [0.5, 0.6) is 0 Å². The van der Waals surface area contributed by atoms with Gasteiger partial charge in [0.15, 0.2) is 0 Å². The van der Waals surface area contributed by atoms with Gasteiger partial charge in [-0.2, -0.15) is 0 Å². The summed E-state index contributed by atoms with van der Waals surface area (Å²) in [6, 6.07) is 5.24. The van der Waals surface area contributed by atoms with Crippen LogP contribution in [0.25, 0.3) is 0 Å². The molecule has 1 saturated heterocycles. The molecule has 104 valence electrons. The van der Waals surface area contributed by atoms with Gasteiger partial charge in [-0.1, -0.05) is 0 Å². The van der Waals surface area contributed by atoms with Crippen molar-refractivity contribution in [3.63, 3.8) is 0 Å². The molecule has 0 atom stereocenters. The van der Waals surface area contributed by atoms with E-state index in [4.69, 9.17) is 0 Å². The highest BCUT2D eigenvalue weighted by atomic mass is 32.2. The number of carbonyl (C=O) groups excluding carboxylic acids is 3. The molecule has 1 aromatic carbocycles. The second-order valence-corrected chi connectivity index (χ2v) is 5.64. The van der Waals surface area contributed by atoms with Crippen molar-refractivity contribution in [2.45, 2.75) is 4.90 Å². The molecule has 0 spiro atoms. The van der Waals surface area contributed by atoms with E-state index in [1.54, 1.807) is 12.1 Å². The predicted molar refractivity (Wildman–Crippen MR) is 74.7 cm³/mol. The molecule has 0 radical (unpaired) electrons. The Balaban J connectivity index is 1.83. The van der Waals surface area contributed by atoms with Crippen LogP contribution in [0.3, 0.4) is 0 Å². The van der Waals surface area contributed by atoms with E-state index in [2.05, 4.69) is 10.6 Å². The topological polar surface area (TPSA) is 78.5 Å². The zero-order valence-corrected chi connectivity index (χ0v) is 11.5. The van der Waals surface area contributed by atoms with Crippen molar-refractivity contribution in [1.29, 1.82) is 0 Å². The van der Waals surface area contributed by atoms with Gasteiger partial charge < -0.3 is 15.5 Å². The lowest BCUT2D eigenvalue weighted by molar-refractivity contribution is -0.123. The van der Waals surface area contributed by atoms with Crippen LogP contribution in [-0.2, 0) is 9.59 Å². The third-order valence-electron chi connectivity index (χ3n) is 3.18. The molecule has 20 heavy (non-hydrogen) atoms. The molecule has 6 nitrogen and oxygen atoms in total. The molecule has 1 aromatic rings. The van der Waals surface area contributed by atoms with E-state index >= 15 is 0 Å². The number of benzene rings is 1. The number of nitrogens with one attached hydrogen (secondary N) is 2. The van der Waals surface area contributed by atoms with Gasteiger partial charge in [0.1, 0.15) is 0 Å². The molecule has 1 fully saturated rings. The van der Waals surface area contributed by atoms with Gasteiger partial charge in [-0.05, 0) is 18.2 Å². The minimum absolute atomic E-state index is 0.0653. The molecule has 2 N–H and O–H groups in total. The quantitative estimate of drug-likeness (QED) is 0.780. The van der Waals surface area contributed by atoms with Gasteiger partial charge in [-0.15, -0.1) is 11.8 Å². The maximum absolute atomic E-state index is 12.3. The minimum atomic E-state index is -0.188. The fourth-order valence-corrected chi connectivity index (χ4v) is 3.00. The molecular formula is C13H13N3O3S. The first-order valence-electron chi connectivity index (χ1n) is 6.26. The summed E-state index contributed by atoms with van der Waals surface area (Å²) in [5, 5.41) is 5.44. The third-order valence-corrected chi connectivity index (χ3v) is 4.26. The fourth-order valence-electron chi connectivity index (χ4n) is 2.21. The fraction of sp³-hybridized carbons (Fsp3) is 0.308. The normalized spacial score (nSPS) is 18.1. The van der Waals surface area contributed by atoms with E-state index in [1.165, 1.54) is 16.7 Å². The van der Waals surface area contributed by atoms with E-state index in [0.717, 1.165) is 4.90 Å². The Morgan fingerprint density at radius 3 is 2.90 bits per heavy atom. The van der Waals surface area contributed by atoms with Crippen molar-refractivity contribution in [3.8, 4) is 0 Å². The second-order valence-electron chi connectivity index (χ2n) is 4.62. The van der Waals surface area contributed by atoms with E-state index in [0.29, 0.717) is 30.1 Å². The lowest BCUT2D eigenvalue weighted by atomic mass is 10.1. The van der Waals surface area contributed by atoms with Crippen LogP contribution in [0.4, 0.5) is 5.69 Å².